The van der Waals surface area contributed by atoms with Crippen LogP contribution in [0.3, 0.4) is 0 Å². The number of rotatable bonds is 9. The van der Waals surface area contributed by atoms with Gasteiger partial charge in [0, 0.05) is 10.8 Å². The second kappa shape index (κ2) is 8.55. The Kier molecular flexibility index (Phi) is 7.41. The van der Waals surface area contributed by atoms with Crippen LogP contribution in [0.25, 0.3) is 0 Å². The second-order valence-electron chi connectivity index (χ2n) is 5.05. The summed E-state index contributed by atoms with van der Waals surface area (Å²) in [6.07, 6.45) is 2.82. The van der Waals surface area contributed by atoms with Gasteiger partial charge in [0.05, 0.1) is 5.54 Å². The zero-order chi connectivity index (χ0) is 15.0. The molecule has 0 heterocycles. The van der Waals surface area contributed by atoms with Gasteiger partial charge in [-0.25, -0.2) is 0 Å². The summed E-state index contributed by atoms with van der Waals surface area (Å²) in [6.45, 7) is 1.85. The molecule has 1 amide bonds. The third kappa shape index (κ3) is 5.35. The molecule has 0 saturated carbocycles. The van der Waals surface area contributed by atoms with Crippen molar-refractivity contribution in [1.29, 1.82) is 0 Å². The summed E-state index contributed by atoms with van der Waals surface area (Å²) in [6, 6.07) is 7.93. The molecule has 3 N–H and O–H groups in total. The normalized spacial score (nSPS) is 13.9. The monoisotopic (exact) mass is 314 g/mol. The second-order valence-corrected chi connectivity index (χ2v) is 6.56. The fraction of sp³-hybridized carbons (Fsp3) is 0.533. The summed E-state index contributed by atoms with van der Waals surface area (Å²) in [5.74, 6) is 1.70. The van der Waals surface area contributed by atoms with Gasteiger partial charge in [0.15, 0.2) is 0 Å². The van der Waals surface area contributed by atoms with Crippen LogP contribution in [0.15, 0.2) is 24.3 Å². The smallest absolute Gasteiger partial charge is 0.237 e. The van der Waals surface area contributed by atoms with Gasteiger partial charge >= 0.3 is 0 Å². The van der Waals surface area contributed by atoms with E-state index in [0.717, 1.165) is 35.8 Å². The van der Waals surface area contributed by atoms with Gasteiger partial charge in [-0.05, 0) is 44.2 Å². The molecule has 5 heteroatoms. The van der Waals surface area contributed by atoms with Gasteiger partial charge in [-0.3, -0.25) is 4.79 Å². The largest absolute Gasteiger partial charge is 0.368 e. The number of nitrogens with one attached hydrogen (secondary N) is 1. The molecule has 0 aliphatic carbocycles. The van der Waals surface area contributed by atoms with E-state index in [1.165, 1.54) is 5.56 Å². The number of amides is 1. The lowest BCUT2D eigenvalue weighted by atomic mass is 9.94. The molecule has 0 aromatic heterocycles. The van der Waals surface area contributed by atoms with Gasteiger partial charge < -0.3 is 11.1 Å². The highest BCUT2D eigenvalue weighted by molar-refractivity contribution is 7.98. The average molecular weight is 315 g/mol. The minimum Gasteiger partial charge on any atom is -0.368 e. The molecule has 0 saturated heterocycles. The number of nitrogens with two attached hydrogens (primary N) is 1. The van der Waals surface area contributed by atoms with Gasteiger partial charge in [-0.15, -0.1) is 0 Å². The van der Waals surface area contributed by atoms with E-state index in [1.54, 1.807) is 7.05 Å². The van der Waals surface area contributed by atoms with Crippen molar-refractivity contribution in [1.82, 2.24) is 5.32 Å². The van der Waals surface area contributed by atoms with Gasteiger partial charge in [0.25, 0.3) is 0 Å². The maximum Gasteiger partial charge on any atom is 0.237 e. The first-order valence-corrected chi connectivity index (χ1v) is 8.33. The Morgan fingerprint density at radius 1 is 1.40 bits per heavy atom. The maximum atomic E-state index is 11.3. The number of benzene rings is 1. The number of carbonyl (C=O) groups excluding carboxylic acids is 1. The predicted octanol–water partition coefficient (Wildman–Crippen LogP) is 3.21. The highest BCUT2D eigenvalue weighted by Crippen LogP contribution is 2.22. The van der Waals surface area contributed by atoms with Crippen LogP contribution in [0.5, 0.6) is 0 Å². The van der Waals surface area contributed by atoms with Gasteiger partial charge in [-0.2, -0.15) is 11.8 Å². The molecule has 0 aliphatic heterocycles. The van der Waals surface area contributed by atoms with E-state index in [1.807, 2.05) is 36.9 Å². The molecule has 0 bridgehead atoms. The van der Waals surface area contributed by atoms with Crippen LogP contribution >= 0.6 is 23.4 Å². The van der Waals surface area contributed by atoms with Crippen LogP contribution in [0, 0.1) is 0 Å². The van der Waals surface area contributed by atoms with E-state index in [2.05, 4.69) is 11.4 Å². The van der Waals surface area contributed by atoms with Crippen molar-refractivity contribution in [2.45, 2.75) is 37.5 Å². The van der Waals surface area contributed by atoms with Crippen molar-refractivity contribution in [2.24, 2.45) is 5.73 Å². The highest BCUT2D eigenvalue weighted by atomic mass is 35.5. The van der Waals surface area contributed by atoms with E-state index in [-0.39, 0.29) is 5.91 Å². The molecule has 1 aromatic rings. The Labute approximate surface area is 130 Å². The van der Waals surface area contributed by atoms with Crippen molar-refractivity contribution in [3.05, 3.63) is 34.9 Å². The van der Waals surface area contributed by atoms with Crippen molar-refractivity contribution in [2.75, 3.05) is 12.8 Å². The lowest BCUT2D eigenvalue weighted by molar-refractivity contribution is -0.123. The molecule has 112 valence electrons. The number of carbonyl (C=O) groups is 1. The minimum absolute atomic E-state index is 0.288. The van der Waals surface area contributed by atoms with Crippen LogP contribution in [-0.2, 0) is 10.5 Å². The molecule has 0 fully saturated rings. The standard InChI is InChI=1S/C15H23ClN2OS/c1-15(18-2,14(17)19)9-5-6-10-20-11-12-7-3-4-8-13(12)16/h3-4,7-8,18H,5-6,9-11H2,1-2H3,(H2,17,19). The molecule has 0 spiro atoms. The highest BCUT2D eigenvalue weighted by Gasteiger charge is 2.27. The van der Waals surface area contributed by atoms with Crippen LogP contribution in [-0.4, -0.2) is 24.2 Å². The zero-order valence-electron chi connectivity index (χ0n) is 12.1. The van der Waals surface area contributed by atoms with E-state index < -0.39 is 5.54 Å². The van der Waals surface area contributed by atoms with Crippen molar-refractivity contribution in [3.8, 4) is 0 Å². The molecule has 0 aliphatic rings. The van der Waals surface area contributed by atoms with E-state index in [0.29, 0.717) is 0 Å². The van der Waals surface area contributed by atoms with Gasteiger partial charge in [-0.1, -0.05) is 36.2 Å². The molecule has 0 radical (unpaired) electrons. The van der Waals surface area contributed by atoms with Crippen LogP contribution in [0.2, 0.25) is 5.02 Å². The molecule has 1 rings (SSSR count). The molecule has 20 heavy (non-hydrogen) atoms. The molecular weight excluding hydrogens is 292 g/mol. The number of primary amides is 1. The fourth-order valence-corrected chi connectivity index (χ4v) is 3.16. The van der Waals surface area contributed by atoms with Crippen molar-refractivity contribution >= 4 is 29.3 Å². The topological polar surface area (TPSA) is 55.1 Å². The van der Waals surface area contributed by atoms with Crippen molar-refractivity contribution < 1.29 is 4.79 Å². The van der Waals surface area contributed by atoms with E-state index in [9.17, 15) is 4.79 Å². The third-order valence-corrected chi connectivity index (χ3v) is 4.99. The molecule has 1 unspecified atom stereocenters. The molecule has 3 nitrogen and oxygen atoms in total. The lowest BCUT2D eigenvalue weighted by Gasteiger charge is -2.25. The molecular formula is C15H23ClN2OS. The Bertz CT molecular complexity index is 442. The summed E-state index contributed by atoms with van der Waals surface area (Å²) in [7, 11) is 1.77. The van der Waals surface area contributed by atoms with E-state index in [4.69, 9.17) is 17.3 Å². The summed E-state index contributed by atoms with van der Waals surface area (Å²) in [5.41, 5.74) is 5.98. The Morgan fingerprint density at radius 3 is 2.70 bits per heavy atom. The number of likely N-dealkylation sites (N-methyl/N-ethyl adjacent to an activating group) is 1. The first kappa shape index (κ1) is 17.3. The third-order valence-electron chi connectivity index (χ3n) is 3.53. The quantitative estimate of drug-likeness (QED) is 0.688. The van der Waals surface area contributed by atoms with Crippen LogP contribution < -0.4 is 11.1 Å². The molecule has 1 aromatic carbocycles. The minimum atomic E-state index is -0.590. The maximum absolute atomic E-state index is 11.3. The summed E-state index contributed by atoms with van der Waals surface area (Å²) >= 11 is 7.97. The average Bonchev–Trinajstić information content (AvgIpc) is 2.44. The zero-order valence-corrected chi connectivity index (χ0v) is 13.7. The van der Waals surface area contributed by atoms with Crippen LogP contribution in [0.4, 0.5) is 0 Å². The summed E-state index contributed by atoms with van der Waals surface area (Å²) in [4.78, 5) is 11.3. The Balaban J connectivity index is 2.20. The number of thioether (sulfide) groups is 1. The van der Waals surface area contributed by atoms with Gasteiger partial charge in [0.2, 0.25) is 5.91 Å². The number of halogens is 1. The first-order chi connectivity index (χ1) is 9.49. The van der Waals surface area contributed by atoms with Gasteiger partial charge in [0.1, 0.15) is 0 Å². The predicted molar refractivity (Wildman–Crippen MR) is 88.1 cm³/mol. The number of hydrogen-bond acceptors (Lipinski definition) is 3. The Hall–Kier alpha value is -0.710. The van der Waals surface area contributed by atoms with Crippen LogP contribution in [0.1, 0.15) is 31.7 Å². The molecule has 1 atom stereocenters. The summed E-state index contributed by atoms with van der Waals surface area (Å²) < 4.78 is 0. The fourth-order valence-electron chi connectivity index (χ4n) is 1.85. The lowest BCUT2D eigenvalue weighted by Crippen LogP contribution is -2.51. The number of unbranched alkanes of at least 4 members (excludes halogenated alkanes) is 1. The SMILES string of the molecule is CNC(C)(CCCCSCc1ccccc1Cl)C(N)=O. The first-order valence-electron chi connectivity index (χ1n) is 6.79. The van der Waals surface area contributed by atoms with E-state index >= 15 is 0 Å². The summed E-state index contributed by atoms with van der Waals surface area (Å²) in [5, 5.41) is 3.83. The van der Waals surface area contributed by atoms with Crippen molar-refractivity contribution in [3.63, 3.8) is 0 Å². The number of hydrogen-bond donors (Lipinski definition) is 2. The Morgan fingerprint density at radius 2 is 2.10 bits per heavy atom.